The van der Waals surface area contributed by atoms with Gasteiger partial charge in [-0.25, -0.2) is 0 Å². The average Bonchev–Trinajstić information content (AvgIpc) is 3.33. The first-order valence-corrected chi connectivity index (χ1v) is 10.6. The third-order valence-electron chi connectivity index (χ3n) is 6.29. The fourth-order valence-corrected chi connectivity index (χ4v) is 4.77. The number of aryl methyl sites for hydroxylation is 1. The molecule has 3 aromatic rings. The molecule has 0 saturated carbocycles. The Kier molecular flexibility index (Phi) is 4.81. The SMILES string of the molecule is Cc1ccc(O)cc1-c1cccc2c1CC[C@H]2Oc1ccc2c(c1)OC[C@H]2CC(=O)O. The highest BCUT2D eigenvalue weighted by atomic mass is 16.5. The second-order valence-corrected chi connectivity index (χ2v) is 8.32. The lowest BCUT2D eigenvalue weighted by Gasteiger charge is -2.17. The molecule has 31 heavy (non-hydrogen) atoms. The van der Waals surface area contributed by atoms with Crippen LogP contribution in [-0.2, 0) is 11.2 Å². The van der Waals surface area contributed by atoms with E-state index in [1.54, 1.807) is 6.07 Å². The van der Waals surface area contributed by atoms with Gasteiger partial charge in [-0.05, 0) is 65.8 Å². The third-order valence-corrected chi connectivity index (χ3v) is 6.29. The van der Waals surface area contributed by atoms with Crippen molar-refractivity contribution in [2.75, 3.05) is 6.61 Å². The molecule has 1 heterocycles. The van der Waals surface area contributed by atoms with Gasteiger partial charge in [0, 0.05) is 17.5 Å². The fourth-order valence-electron chi connectivity index (χ4n) is 4.77. The number of hydrogen-bond acceptors (Lipinski definition) is 4. The monoisotopic (exact) mass is 416 g/mol. The molecule has 2 N–H and O–H groups in total. The molecule has 0 unspecified atom stereocenters. The number of carboxylic acids is 1. The standard InChI is InChI=1S/C26H24O5/c1-15-5-6-17(27)12-23(15)20-3-2-4-22-21(20)9-10-24(22)31-18-7-8-19-16(11-26(28)29)14-30-25(19)13-18/h2-8,12-13,16,24,27H,9-11,14H2,1H3,(H,28,29)/t16-,24-/m1/s1. The van der Waals surface area contributed by atoms with E-state index in [2.05, 4.69) is 19.1 Å². The van der Waals surface area contributed by atoms with E-state index in [4.69, 9.17) is 14.6 Å². The van der Waals surface area contributed by atoms with Crippen LogP contribution in [0.2, 0.25) is 0 Å². The van der Waals surface area contributed by atoms with E-state index in [1.165, 1.54) is 11.1 Å². The van der Waals surface area contributed by atoms with Crippen LogP contribution < -0.4 is 9.47 Å². The summed E-state index contributed by atoms with van der Waals surface area (Å²) in [7, 11) is 0. The summed E-state index contributed by atoms with van der Waals surface area (Å²) >= 11 is 0. The van der Waals surface area contributed by atoms with Crippen LogP contribution in [0, 0.1) is 6.92 Å². The highest BCUT2D eigenvalue weighted by Gasteiger charge is 2.29. The van der Waals surface area contributed by atoms with Crippen LogP contribution in [0.15, 0.2) is 54.6 Å². The van der Waals surface area contributed by atoms with Crippen molar-refractivity contribution in [3.8, 4) is 28.4 Å². The largest absolute Gasteiger partial charge is 0.508 e. The van der Waals surface area contributed by atoms with E-state index >= 15 is 0 Å². The molecule has 2 atom stereocenters. The Balaban J connectivity index is 1.41. The second kappa shape index (κ2) is 7.65. The van der Waals surface area contributed by atoms with Crippen molar-refractivity contribution in [2.24, 2.45) is 0 Å². The molecule has 158 valence electrons. The molecule has 5 nitrogen and oxygen atoms in total. The first-order chi connectivity index (χ1) is 15.0. The number of benzene rings is 3. The second-order valence-electron chi connectivity index (χ2n) is 8.32. The van der Waals surface area contributed by atoms with Gasteiger partial charge in [0.15, 0.2) is 0 Å². The van der Waals surface area contributed by atoms with E-state index in [-0.39, 0.29) is 24.2 Å². The van der Waals surface area contributed by atoms with Crippen molar-refractivity contribution in [3.63, 3.8) is 0 Å². The van der Waals surface area contributed by atoms with E-state index in [9.17, 15) is 9.90 Å². The Morgan fingerprint density at radius 2 is 1.97 bits per heavy atom. The molecular weight excluding hydrogens is 392 g/mol. The van der Waals surface area contributed by atoms with Crippen molar-refractivity contribution >= 4 is 5.97 Å². The number of ether oxygens (including phenoxy) is 2. The summed E-state index contributed by atoms with van der Waals surface area (Å²) in [6, 6.07) is 17.4. The Bertz CT molecular complexity index is 1170. The maximum atomic E-state index is 11.1. The lowest BCUT2D eigenvalue weighted by Crippen LogP contribution is -2.07. The van der Waals surface area contributed by atoms with Gasteiger partial charge in [0.2, 0.25) is 0 Å². The molecule has 1 aliphatic heterocycles. The van der Waals surface area contributed by atoms with Gasteiger partial charge in [-0.2, -0.15) is 0 Å². The molecule has 5 heteroatoms. The molecule has 0 saturated heterocycles. The number of phenolic OH excluding ortho intramolecular Hbond substituents is 1. The zero-order valence-corrected chi connectivity index (χ0v) is 17.3. The van der Waals surface area contributed by atoms with Crippen molar-refractivity contribution in [1.82, 2.24) is 0 Å². The van der Waals surface area contributed by atoms with Crippen molar-refractivity contribution in [1.29, 1.82) is 0 Å². The first kappa shape index (κ1) is 19.5. The minimum atomic E-state index is -0.817. The van der Waals surface area contributed by atoms with Gasteiger partial charge in [0.25, 0.3) is 0 Å². The average molecular weight is 416 g/mol. The van der Waals surface area contributed by atoms with E-state index in [1.807, 2.05) is 36.4 Å². The highest BCUT2D eigenvalue weighted by Crippen LogP contribution is 2.43. The maximum Gasteiger partial charge on any atom is 0.304 e. The van der Waals surface area contributed by atoms with Crippen molar-refractivity contribution in [2.45, 2.75) is 38.2 Å². The maximum absolute atomic E-state index is 11.1. The van der Waals surface area contributed by atoms with Gasteiger partial charge in [-0.3, -0.25) is 4.79 Å². The van der Waals surface area contributed by atoms with Crippen LogP contribution in [0.5, 0.6) is 17.2 Å². The van der Waals surface area contributed by atoms with Crippen LogP contribution in [0.3, 0.4) is 0 Å². The van der Waals surface area contributed by atoms with E-state index < -0.39 is 5.97 Å². The normalized spacial score (nSPS) is 18.9. The number of carbonyl (C=O) groups is 1. The predicted octanol–water partition coefficient (Wildman–Crippen LogP) is 5.38. The quantitative estimate of drug-likeness (QED) is 0.584. The van der Waals surface area contributed by atoms with Crippen LogP contribution in [0.1, 0.15) is 47.1 Å². The summed E-state index contributed by atoms with van der Waals surface area (Å²) in [6.07, 6.45) is 1.80. The Morgan fingerprint density at radius 3 is 2.81 bits per heavy atom. The van der Waals surface area contributed by atoms with Crippen molar-refractivity contribution in [3.05, 3.63) is 76.9 Å². The van der Waals surface area contributed by atoms with Crippen LogP contribution in [0.25, 0.3) is 11.1 Å². The molecule has 1 aliphatic carbocycles. The summed E-state index contributed by atoms with van der Waals surface area (Å²) in [4.78, 5) is 11.1. The minimum Gasteiger partial charge on any atom is -0.508 e. The summed E-state index contributed by atoms with van der Waals surface area (Å²) in [5, 5.41) is 19.0. The fraction of sp³-hybridized carbons (Fsp3) is 0.269. The van der Waals surface area contributed by atoms with E-state index in [0.717, 1.165) is 40.8 Å². The lowest BCUT2D eigenvalue weighted by molar-refractivity contribution is -0.137. The van der Waals surface area contributed by atoms with Gasteiger partial charge >= 0.3 is 5.97 Å². The zero-order valence-electron chi connectivity index (χ0n) is 17.3. The molecule has 5 rings (SSSR count). The molecule has 0 amide bonds. The molecule has 0 radical (unpaired) electrons. The Labute approximate surface area is 180 Å². The zero-order chi connectivity index (χ0) is 21.5. The van der Waals surface area contributed by atoms with Crippen LogP contribution in [0.4, 0.5) is 0 Å². The summed E-state index contributed by atoms with van der Waals surface area (Å²) < 4.78 is 12.1. The third kappa shape index (κ3) is 3.61. The first-order valence-electron chi connectivity index (χ1n) is 10.6. The molecule has 0 aromatic heterocycles. The molecule has 3 aromatic carbocycles. The van der Waals surface area contributed by atoms with Gasteiger partial charge in [0.05, 0.1) is 13.0 Å². The Hall–Kier alpha value is -3.47. The predicted molar refractivity (Wildman–Crippen MR) is 117 cm³/mol. The number of aliphatic carboxylic acids is 1. The minimum absolute atomic E-state index is 0.0539. The number of carboxylic acid groups (broad SMARTS) is 1. The molecule has 0 bridgehead atoms. The summed E-state index contributed by atoms with van der Waals surface area (Å²) in [5.74, 6) is 0.782. The van der Waals surface area contributed by atoms with Gasteiger partial charge < -0.3 is 19.7 Å². The molecule has 2 aliphatic rings. The number of aromatic hydroxyl groups is 1. The molecular formula is C26H24O5. The number of hydrogen-bond donors (Lipinski definition) is 2. The van der Waals surface area contributed by atoms with Crippen LogP contribution in [-0.4, -0.2) is 22.8 Å². The summed E-state index contributed by atoms with van der Waals surface area (Å²) in [5.41, 5.74) is 6.69. The number of rotatable bonds is 5. The highest BCUT2D eigenvalue weighted by molar-refractivity contribution is 5.74. The van der Waals surface area contributed by atoms with Gasteiger partial charge in [-0.1, -0.05) is 30.3 Å². The number of phenols is 1. The lowest BCUT2D eigenvalue weighted by atomic mass is 9.93. The van der Waals surface area contributed by atoms with Gasteiger partial charge in [0.1, 0.15) is 23.4 Å². The molecule has 0 spiro atoms. The van der Waals surface area contributed by atoms with Gasteiger partial charge in [-0.15, -0.1) is 0 Å². The van der Waals surface area contributed by atoms with Crippen LogP contribution >= 0.6 is 0 Å². The molecule has 0 fully saturated rings. The smallest absolute Gasteiger partial charge is 0.304 e. The Morgan fingerprint density at radius 1 is 1.10 bits per heavy atom. The van der Waals surface area contributed by atoms with Crippen molar-refractivity contribution < 1.29 is 24.5 Å². The summed E-state index contributed by atoms with van der Waals surface area (Å²) in [6.45, 7) is 2.45. The topological polar surface area (TPSA) is 76.0 Å². The number of fused-ring (bicyclic) bond motifs is 2. The van der Waals surface area contributed by atoms with E-state index in [0.29, 0.717) is 12.4 Å².